The molecule has 0 amide bonds. The fraction of sp³-hybridized carbons (Fsp3) is 0.0500. The predicted octanol–water partition coefficient (Wildman–Crippen LogP) is 4.35. The maximum atomic E-state index is 12.2. The highest BCUT2D eigenvalue weighted by molar-refractivity contribution is 5.90. The molecule has 26 heavy (non-hydrogen) atoms. The summed E-state index contributed by atoms with van der Waals surface area (Å²) in [5.74, 6) is 0.452. The van der Waals surface area contributed by atoms with Gasteiger partial charge in [0.1, 0.15) is 0 Å². The van der Waals surface area contributed by atoms with Crippen molar-refractivity contribution in [1.82, 2.24) is 10.2 Å². The van der Waals surface area contributed by atoms with Gasteiger partial charge in [0, 0.05) is 0 Å². The Bertz CT molecular complexity index is 990. The van der Waals surface area contributed by atoms with Gasteiger partial charge >= 0.3 is 5.97 Å². The molecule has 0 aliphatic rings. The molecule has 4 rings (SSSR count). The molecule has 2 aromatic heterocycles. The van der Waals surface area contributed by atoms with Crippen LogP contribution in [0.4, 0.5) is 0 Å². The van der Waals surface area contributed by atoms with Crippen LogP contribution in [0.2, 0.25) is 0 Å². The first-order valence-corrected chi connectivity index (χ1v) is 7.98. The fourth-order valence-electron chi connectivity index (χ4n) is 2.45. The number of ether oxygens (including phenoxy) is 1. The molecule has 6 heteroatoms. The lowest BCUT2D eigenvalue weighted by atomic mass is 10.0. The molecule has 2 aromatic carbocycles. The van der Waals surface area contributed by atoms with Gasteiger partial charge in [-0.3, -0.25) is 0 Å². The highest BCUT2D eigenvalue weighted by Crippen LogP contribution is 2.20. The Labute approximate surface area is 149 Å². The van der Waals surface area contributed by atoms with E-state index in [-0.39, 0.29) is 18.4 Å². The molecular formula is C20H14N2O4. The van der Waals surface area contributed by atoms with E-state index in [2.05, 4.69) is 10.2 Å². The lowest BCUT2D eigenvalue weighted by molar-refractivity contribution is 0.0438. The quantitative estimate of drug-likeness (QED) is 0.500. The molecule has 0 bridgehead atoms. The van der Waals surface area contributed by atoms with Crippen molar-refractivity contribution >= 4 is 5.97 Å². The van der Waals surface area contributed by atoms with E-state index >= 15 is 0 Å². The van der Waals surface area contributed by atoms with Crippen LogP contribution >= 0.6 is 0 Å². The van der Waals surface area contributed by atoms with E-state index in [0.29, 0.717) is 11.3 Å². The van der Waals surface area contributed by atoms with Gasteiger partial charge in [-0.1, -0.05) is 42.5 Å². The molecule has 0 aliphatic heterocycles. The topological polar surface area (TPSA) is 78.4 Å². The van der Waals surface area contributed by atoms with Gasteiger partial charge in [0.2, 0.25) is 0 Å². The second-order valence-corrected chi connectivity index (χ2v) is 5.50. The number of furan rings is 1. The van der Waals surface area contributed by atoms with Gasteiger partial charge in [0.25, 0.3) is 11.8 Å². The summed E-state index contributed by atoms with van der Waals surface area (Å²) in [6.45, 7) is -0.104. The molecule has 0 saturated carbocycles. The van der Waals surface area contributed by atoms with E-state index in [1.807, 2.05) is 42.5 Å². The van der Waals surface area contributed by atoms with Crippen molar-refractivity contribution in [3.63, 3.8) is 0 Å². The van der Waals surface area contributed by atoms with Crippen LogP contribution in [0, 0.1) is 0 Å². The van der Waals surface area contributed by atoms with Crippen molar-refractivity contribution < 1.29 is 18.4 Å². The van der Waals surface area contributed by atoms with Crippen LogP contribution in [0.3, 0.4) is 0 Å². The average Bonchev–Trinajstić information content (AvgIpc) is 3.38. The van der Waals surface area contributed by atoms with Gasteiger partial charge in [-0.2, -0.15) is 0 Å². The molecule has 0 N–H and O–H groups in total. The number of esters is 1. The van der Waals surface area contributed by atoms with Crippen molar-refractivity contribution in [1.29, 1.82) is 0 Å². The molecule has 0 spiro atoms. The van der Waals surface area contributed by atoms with Crippen LogP contribution in [-0.4, -0.2) is 16.2 Å². The van der Waals surface area contributed by atoms with Crippen molar-refractivity contribution in [2.24, 2.45) is 0 Å². The van der Waals surface area contributed by atoms with Crippen LogP contribution in [0.25, 0.3) is 22.8 Å². The van der Waals surface area contributed by atoms with Gasteiger partial charge in [-0.25, -0.2) is 4.79 Å². The molecule has 0 saturated heterocycles. The van der Waals surface area contributed by atoms with Crippen LogP contribution in [0.15, 0.2) is 81.8 Å². The second kappa shape index (κ2) is 7.06. The first-order valence-electron chi connectivity index (χ1n) is 7.98. The van der Waals surface area contributed by atoms with Gasteiger partial charge in [0.15, 0.2) is 12.4 Å². The zero-order chi connectivity index (χ0) is 17.8. The van der Waals surface area contributed by atoms with E-state index in [1.165, 1.54) is 6.26 Å². The standard InChI is InChI=1S/C20H14N2O4/c23-20(16-10-8-15(9-11-16)14-5-2-1-3-6-14)25-13-18-21-22-19(26-18)17-7-4-12-24-17/h1-12H,13H2. The third-order valence-electron chi connectivity index (χ3n) is 3.75. The molecule has 2 heterocycles. The molecule has 128 valence electrons. The highest BCUT2D eigenvalue weighted by Gasteiger charge is 2.13. The van der Waals surface area contributed by atoms with Gasteiger partial charge in [-0.15, -0.1) is 10.2 Å². The largest absolute Gasteiger partial charge is 0.459 e. The minimum Gasteiger partial charge on any atom is -0.459 e. The van der Waals surface area contributed by atoms with Crippen LogP contribution in [0.1, 0.15) is 16.2 Å². The van der Waals surface area contributed by atoms with Crippen molar-refractivity contribution in [2.45, 2.75) is 6.61 Å². The Balaban J connectivity index is 1.39. The molecule has 4 aromatic rings. The first kappa shape index (κ1) is 15.8. The van der Waals surface area contributed by atoms with Crippen molar-refractivity contribution in [2.75, 3.05) is 0 Å². The number of rotatable bonds is 5. The maximum Gasteiger partial charge on any atom is 0.338 e. The zero-order valence-electron chi connectivity index (χ0n) is 13.7. The Kier molecular flexibility index (Phi) is 4.30. The number of benzene rings is 2. The predicted molar refractivity (Wildman–Crippen MR) is 93.0 cm³/mol. The van der Waals surface area contributed by atoms with E-state index in [0.717, 1.165) is 11.1 Å². The average molecular weight is 346 g/mol. The molecule has 0 radical (unpaired) electrons. The molecule has 6 nitrogen and oxygen atoms in total. The van der Waals surface area contributed by atoms with E-state index < -0.39 is 5.97 Å². The minimum atomic E-state index is -0.456. The summed E-state index contributed by atoms with van der Waals surface area (Å²) in [5, 5.41) is 7.69. The van der Waals surface area contributed by atoms with Crippen molar-refractivity contribution in [3.8, 4) is 22.8 Å². The number of hydrogen-bond donors (Lipinski definition) is 0. The summed E-state index contributed by atoms with van der Waals surface area (Å²) in [6, 6.07) is 20.6. The summed E-state index contributed by atoms with van der Waals surface area (Å²) < 4.78 is 15.8. The number of aromatic nitrogens is 2. The number of nitrogens with zero attached hydrogens (tertiary/aromatic N) is 2. The Hall–Kier alpha value is -3.67. The molecule has 0 fully saturated rings. The highest BCUT2D eigenvalue weighted by atomic mass is 16.5. The van der Waals surface area contributed by atoms with E-state index in [9.17, 15) is 4.79 Å². The lowest BCUT2D eigenvalue weighted by Gasteiger charge is -2.04. The summed E-state index contributed by atoms with van der Waals surface area (Å²) in [7, 11) is 0. The van der Waals surface area contributed by atoms with Gasteiger partial charge in [-0.05, 0) is 35.4 Å². The Morgan fingerprint density at radius 1 is 0.885 bits per heavy atom. The van der Waals surface area contributed by atoms with Gasteiger partial charge in [0.05, 0.1) is 11.8 Å². The summed E-state index contributed by atoms with van der Waals surface area (Å²) in [6.07, 6.45) is 1.51. The first-order chi connectivity index (χ1) is 12.8. The van der Waals surface area contributed by atoms with Crippen LogP contribution in [0.5, 0.6) is 0 Å². The lowest BCUT2D eigenvalue weighted by Crippen LogP contribution is -2.05. The Morgan fingerprint density at radius 2 is 1.65 bits per heavy atom. The minimum absolute atomic E-state index is 0.104. The van der Waals surface area contributed by atoms with Crippen LogP contribution in [-0.2, 0) is 11.3 Å². The Morgan fingerprint density at radius 3 is 2.38 bits per heavy atom. The summed E-state index contributed by atoms with van der Waals surface area (Å²) >= 11 is 0. The molecule has 0 atom stereocenters. The third-order valence-corrected chi connectivity index (χ3v) is 3.75. The van der Waals surface area contributed by atoms with E-state index in [1.54, 1.807) is 24.3 Å². The van der Waals surface area contributed by atoms with Gasteiger partial charge < -0.3 is 13.6 Å². The van der Waals surface area contributed by atoms with Crippen molar-refractivity contribution in [3.05, 3.63) is 84.4 Å². The van der Waals surface area contributed by atoms with E-state index in [4.69, 9.17) is 13.6 Å². The molecule has 0 aliphatic carbocycles. The number of carbonyl (C=O) groups excluding carboxylic acids is 1. The fourth-order valence-corrected chi connectivity index (χ4v) is 2.45. The monoisotopic (exact) mass is 346 g/mol. The normalized spacial score (nSPS) is 10.6. The maximum absolute atomic E-state index is 12.2. The smallest absolute Gasteiger partial charge is 0.338 e. The zero-order valence-corrected chi connectivity index (χ0v) is 13.7. The number of hydrogen-bond acceptors (Lipinski definition) is 6. The SMILES string of the molecule is O=C(OCc1nnc(-c2ccco2)o1)c1ccc(-c2ccccc2)cc1. The molecule has 0 unspecified atom stereocenters. The summed E-state index contributed by atoms with van der Waals surface area (Å²) in [4.78, 5) is 12.2. The third kappa shape index (κ3) is 3.39. The number of carbonyl (C=O) groups is 1. The molecular weight excluding hydrogens is 332 g/mol. The van der Waals surface area contributed by atoms with Crippen LogP contribution < -0.4 is 0 Å². The second-order valence-electron chi connectivity index (χ2n) is 5.50. The summed E-state index contributed by atoms with van der Waals surface area (Å²) in [5.41, 5.74) is 2.57.